The molecule has 0 radical (unpaired) electrons. The van der Waals surface area contributed by atoms with Gasteiger partial charge >= 0.3 is 0 Å². The minimum Gasteiger partial charge on any atom is -0.269 e. The van der Waals surface area contributed by atoms with Crippen molar-refractivity contribution >= 4 is 11.3 Å². The molecule has 1 heterocycles. The second kappa shape index (κ2) is 6.18. The number of halogens is 1. The molecule has 0 aromatic carbocycles. The van der Waals surface area contributed by atoms with Gasteiger partial charge < -0.3 is 0 Å². The van der Waals surface area contributed by atoms with E-state index in [1.807, 2.05) is 5.38 Å². The fourth-order valence-electron chi connectivity index (χ4n) is 0.176. The van der Waals surface area contributed by atoms with Crippen LogP contribution in [0.25, 0.3) is 0 Å². The van der Waals surface area contributed by atoms with Gasteiger partial charge in [-0.3, -0.25) is 9.69 Å². The monoisotopic (exact) mass is 169 g/mol. The van der Waals surface area contributed by atoms with Crippen LogP contribution >= 0.6 is 11.3 Å². The molecule has 0 spiro atoms. The van der Waals surface area contributed by atoms with Crippen LogP contribution in [0.5, 0.6) is 0 Å². The molecule has 0 saturated heterocycles. The van der Waals surface area contributed by atoms with Gasteiger partial charge in [0, 0.05) is 31.1 Å². The largest absolute Gasteiger partial charge is 0.269 e. The van der Waals surface area contributed by atoms with Gasteiger partial charge in [-0.25, -0.2) is 0 Å². The van der Waals surface area contributed by atoms with Crippen molar-refractivity contribution in [1.82, 2.24) is 4.98 Å². The molecule has 0 amide bonds. The van der Waals surface area contributed by atoms with E-state index in [1.54, 1.807) is 23.0 Å². The Balaban J connectivity index is 0. The van der Waals surface area contributed by atoms with Crippen molar-refractivity contribution in [3.63, 3.8) is 0 Å². The quantitative estimate of drug-likeness (QED) is 0.535. The molecule has 1 aromatic heterocycles. The first-order valence-corrected chi connectivity index (χ1v) is 2.26. The zero-order valence-corrected chi connectivity index (χ0v) is 7.49. The Morgan fingerprint density at radius 2 is 2.14 bits per heavy atom. The molecule has 1 rings (SSSR count). The van der Waals surface area contributed by atoms with Crippen molar-refractivity contribution in [3.05, 3.63) is 17.1 Å². The first-order valence-electron chi connectivity index (χ1n) is 1.32. The summed E-state index contributed by atoms with van der Waals surface area (Å²) in [6.45, 7) is 0. The van der Waals surface area contributed by atoms with Gasteiger partial charge in [-0.05, 0) is 0 Å². The maximum Gasteiger partial charge on any atom is 0.0791 e. The van der Waals surface area contributed by atoms with Crippen LogP contribution in [0.2, 0.25) is 0 Å². The smallest absolute Gasteiger partial charge is 0.0791 e. The Kier molecular flexibility index (Phi) is 9.03. The van der Waals surface area contributed by atoms with Gasteiger partial charge in [-0.1, -0.05) is 0 Å². The third-order valence-corrected chi connectivity index (χ3v) is 0.869. The second-order valence-electron chi connectivity index (χ2n) is 0.676. The fourth-order valence-corrected chi connectivity index (χ4v) is 0.527. The van der Waals surface area contributed by atoms with Gasteiger partial charge in [-0.15, -0.1) is 11.3 Å². The first-order chi connectivity index (χ1) is 2.50. The average Bonchev–Trinajstić information content (AvgIpc) is 1.76. The van der Waals surface area contributed by atoms with E-state index >= 15 is 0 Å². The molecular weight excluding hydrogens is 166 g/mol. The van der Waals surface area contributed by atoms with Crippen molar-refractivity contribution in [2.24, 2.45) is 0 Å². The summed E-state index contributed by atoms with van der Waals surface area (Å²) >= 11 is 1.60. The molecule has 0 bridgehead atoms. The van der Waals surface area contributed by atoms with Crippen molar-refractivity contribution in [1.29, 1.82) is 0 Å². The predicted octanol–water partition coefficient (Wildman–Crippen LogP) is 1.29. The fraction of sp³-hybridized carbons (Fsp3) is 0. The van der Waals surface area contributed by atoms with E-state index in [4.69, 9.17) is 0 Å². The van der Waals surface area contributed by atoms with Crippen LogP contribution in [0.4, 0.5) is 4.70 Å². The van der Waals surface area contributed by atoms with Gasteiger partial charge in [-0.2, -0.15) is 0 Å². The third kappa shape index (κ3) is 4.03. The molecule has 0 unspecified atom stereocenters. The number of nitrogens with zero attached hydrogens (tertiary/aromatic N) is 1. The van der Waals surface area contributed by atoms with Gasteiger partial charge in [0.2, 0.25) is 0 Å². The standard InChI is InChI=1S/C3H3NS.FH.Zn/c1-2-5-3-4-1;;/h1-3H;1H;. The molecule has 0 fully saturated rings. The molecule has 7 heavy (non-hydrogen) atoms. The summed E-state index contributed by atoms with van der Waals surface area (Å²) in [5.41, 5.74) is 1.79. The second-order valence-corrected chi connectivity index (χ2v) is 1.43. The van der Waals surface area contributed by atoms with Crippen molar-refractivity contribution < 1.29 is 24.2 Å². The van der Waals surface area contributed by atoms with Crippen molar-refractivity contribution in [2.75, 3.05) is 0 Å². The van der Waals surface area contributed by atoms with Gasteiger partial charge in [0.05, 0.1) is 5.51 Å². The first kappa shape index (κ1) is 10.2. The summed E-state index contributed by atoms with van der Waals surface area (Å²) in [6, 6.07) is 0. The molecule has 36 valence electrons. The molecule has 0 aliphatic heterocycles. The summed E-state index contributed by atoms with van der Waals surface area (Å²) in [7, 11) is 0. The molecule has 0 aliphatic rings. The van der Waals surface area contributed by atoms with E-state index in [2.05, 4.69) is 4.98 Å². The summed E-state index contributed by atoms with van der Waals surface area (Å²) < 4.78 is 0. The number of thiazole rings is 1. The van der Waals surface area contributed by atoms with Gasteiger partial charge in [0.1, 0.15) is 0 Å². The molecule has 0 N–H and O–H groups in total. The van der Waals surface area contributed by atoms with Crippen LogP contribution in [-0.2, 0) is 19.5 Å². The van der Waals surface area contributed by atoms with E-state index in [9.17, 15) is 0 Å². The topological polar surface area (TPSA) is 12.9 Å². The van der Waals surface area contributed by atoms with E-state index in [0.717, 1.165) is 0 Å². The Hall–Kier alpha value is 0.183. The molecule has 1 aromatic rings. The van der Waals surface area contributed by atoms with Gasteiger partial charge in [0.15, 0.2) is 0 Å². The van der Waals surface area contributed by atoms with Crippen molar-refractivity contribution in [3.8, 4) is 0 Å². The normalized spacial score (nSPS) is 5.71. The molecule has 1 nitrogen and oxygen atoms in total. The number of hydrogen-bond acceptors (Lipinski definition) is 2. The molecular formula is C3H4FNSZn. The van der Waals surface area contributed by atoms with Crippen LogP contribution in [0.1, 0.15) is 0 Å². The van der Waals surface area contributed by atoms with Crippen LogP contribution in [-0.4, -0.2) is 4.98 Å². The van der Waals surface area contributed by atoms with Crippen LogP contribution < -0.4 is 0 Å². The number of aromatic nitrogens is 1. The zero-order chi connectivity index (χ0) is 3.54. The third-order valence-electron chi connectivity index (χ3n) is 0.347. The summed E-state index contributed by atoms with van der Waals surface area (Å²) in [5, 5.41) is 1.93. The minimum absolute atomic E-state index is 0. The van der Waals surface area contributed by atoms with Crippen LogP contribution in [0.15, 0.2) is 17.1 Å². The molecule has 0 aliphatic carbocycles. The Bertz CT molecular complexity index is 71.4. The molecule has 4 heteroatoms. The van der Waals surface area contributed by atoms with E-state index < -0.39 is 0 Å². The maximum atomic E-state index is 3.74. The van der Waals surface area contributed by atoms with Gasteiger partial charge in [0.25, 0.3) is 0 Å². The summed E-state index contributed by atoms with van der Waals surface area (Å²) in [6.07, 6.45) is 1.77. The minimum atomic E-state index is 0. The summed E-state index contributed by atoms with van der Waals surface area (Å²) in [4.78, 5) is 3.74. The van der Waals surface area contributed by atoms with Crippen molar-refractivity contribution in [2.45, 2.75) is 0 Å². The Morgan fingerprint density at radius 3 is 2.29 bits per heavy atom. The Labute approximate surface area is 57.9 Å². The predicted molar refractivity (Wildman–Crippen MR) is 24.6 cm³/mol. The SMILES string of the molecule is F.[Zn].c1cscn1. The molecule has 0 saturated carbocycles. The van der Waals surface area contributed by atoms with Crippen LogP contribution in [0, 0.1) is 0 Å². The molecule has 0 atom stereocenters. The Morgan fingerprint density at radius 1 is 1.43 bits per heavy atom. The van der Waals surface area contributed by atoms with E-state index in [-0.39, 0.29) is 24.2 Å². The van der Waals surface area contributed by atoms with E-state index in [0.29, 0.717) is 0 Å². The average molecular weight is 171 g/mol. The van der Waals surface area contributed by atoms with Crippen LogP contribution in [0.3, 0.4) is 0 Å². The summed E-state index contributed by atoms with van der Waals surface area (Å²) in [5.74, 6) is 0. The maximum absolute atomic E-state index is 3.74. The number of hydrogen-bond donors (Lipinski definition) is 0. The van der Waals surface area contributed by atoms with E-state index in [1.165, 1.54) is 0 Å². The number of rotatable bonds is 0. The zero-order valence-electron chi connectivity index (χ0n) is 3.70.